The summed E-state index contributed by atoms with van der Waals surface area (Å²) in [5, 5.41) is 3.15. The minimum absolute atomic E-state index is 0. The average Bonchev–Trinajstić information content (AvgIpc) is 2.88. The van der Waals surface area contributed by atoms with Gasteiger partial charge in [0, 0.05) is 34.9 Å². The summed E-state index contributed by atoms with van der Waals surface area (Å²) >= 11 is 3.43. The van der Waals surface area contributed by atoms with Crippen molar-refractivity contribution in [1.29, 1.82) is 0 Å². The number of carbonyl (C=O) groups excluding carboxylic acids is 1. The molecule has 136 valence electrons. The Hall–Kier alpha value is -1.66. The molecule has 0 saturated heterocycles. The number of aromatic nitrogens is 1. The molecule has 2 aromatic rings. The third kappa shape index (κ3) is 4.12. The summed E-state index contributed by atoms with van der Waals surface area (Å²) in [4.78, 5) is 12.8. The summed E-state index contributed by atoms with van der Waals surface area (Å²) in [5.74, 6) is 0.677. The highest BCUT2D eigenvalue weighted by atomic mass is 79.9. The van der Waals surface area contributed by atoms with Crippen molar-refractivity contribution in [3.63, 3.8) is 0 Å². The van der Waals surface area contributed by atoms with Crippen LogP contribution in [0.4, 0.5) is 5.69 Å². The van der Waals surface area contributed by atoms with Crippen molar-refractivity contribution in [3.8, 4) is 5.75 Å². The van der Waals surface area contributed by atoms with E-state index in [1.807, 2.05) is 55.8 Å². The Balaban J connectivity index is 0.00000225. The molecule has 25 heavy (non-hydrogen) atoms. The number of benzene rings is 1. The number of anilines is 1. The minimum Gasteiger partial charge on any atom is -0.487 e. The number of carbonyl (C=O) groups is 1. The third-order valence-corrected chi connectivity index (χ3v) is 4.67. The largest absolute Gasteiger partial charge is 0.487 e. The number of nitrogen functional groups attached to an aromatic ring is 1. The molecule has 1 atom stereocenters. The number of nitrogens with two attached hydrogens (primary N) is 1. The number of nitrogens with zero attached hydrogens (tertiary/aromatic N) is 1. The summed E-state index contributed by atoms with van der Waals surface area (Å²) < 4.78 is 8.84. The molecule has 0 spiro atoms. The molecule has 1 aromatic heterocycles. The van der Waals surface area contributed by atoms with E-state index in [1.54, 1.807) is 0 Å². The van der Waals surface area contributed by atoms with Gasteiger partial charge in [0.15, 0.2) is 0 Å². The van der Waals surface area contributed by atoms with Crippen LogP contribution in [0.3, 0.4) is 0 Å². The van der Waals surface area contributed by atoms with Crippen LogP contribution in [0.2, 0.25) is 0 Å². The summed E-state index contributed by atoms with van der Waals surface area (Å²) in [6.07, 6.45) is 2.60. The number of rotatable bonds is 3. The van der Waals surface area contributed by atoms with Gasteiger partial charge in [-0.05, 0) is 61.0 Å². The fraction of sp³-hybridized carbons (Fsp3) is 0.389. The molecular weight excluding hydrogens is 406 g/mol. The fourth-order valence-electron chi connectivity index (χ4n) is 3.16. The maximum atomic E-state index is 12.8. The highest BCUT2D eigenvalue weighted by Gasteiger charge is 2.35. The molecule has 0 radical (unpaired) electrons. The van der Waals surface area contributed by atoms with E-state index in [1.165, 1.54) is 0 Å². The van der Waals surface area contributed by atoms with Crippen molar-refractivity contribution in [2.45, 2.75) is 45.4 Å². The van der Waals surface area contributed by atoms with E-state index in [0.717, 1.165) is 22.3 Å². The van der Waals surface area contributed by atoms with E-state index >= 15 is 0 Å². The molecule has 2 heterocycles. The van der Waals surface area contributed by atoms with Gasteiger partial charge >= 0.3 is 0 Å². The van der Waals surface area contributed by atoms with Crippen molar-refractivity contribution >= 4 is 39.9 Å². The van der Waals surface area contributed by atoms with Gasteiger partial charge in [-0.25, -0.2) is 0 Å². The number of ether oxygens (including phenoxy) is 1. The molecule has 0 saturated carbocycles. The molecule has 1 aliphatic rings. The van der Waals surface area contributed by atoms with Crippen LogP contribution < -0.4 is 15.8 Å². The lowest BCUT2D eigenvalue weighted by molar-refractivity contribution is 0.0617. The lowest BCUT2D eigenvalue weighted by Gasteiger charge is -2.38. The monoisotopic (exact) mass is 427 g/mol. The number of hydrogen-bond acceptors (Lipinski definition) is 3. The van der Waals surface area contributed by atoms with E-state index in [2.05, 4.69) is 21.2 Å². The molecule has 1 unspecified atom stereocenters. The van der Waals surface area contributed by atoms with E-state index < -0.39 is 0 Å². The first-order valence-electron chi connectivity index (χ1n) is 8.04. The fourth-order valence-corrected chi connectivity index (χ4v) is 3.62. The van der Waals surface area contributed by atoms with E-state index in [9.17, 15) is 4.79 Å². The number of amides is 1. The number of hydrogen-bond donors (Lipinski definition) is 2. The van der Waals surface area contributed by atoms with Gasteiger partial charge in [-0.3, -0.25) is 4.79 Å². The maximum Gasteiger partial charge on any atom is 0.268 e. The van der Waals surface area contributed by atoms with Gasteiger partial charge in [0.25, 0.3) is 5.91 Å². The van der Waals surface area contributed by atoms with Gasteiger partial charge in [0.05, 0.1) is 6.04 Å². The molecule has 3 N–H and O–H groups in total. The first-order chi connectivity index (χ1) is 11.3. The molecule has 0 bridgehead atoms. The van der Waals surface area contributed by atoms with Crippen LogP contribution in [0.5, 0.6) is 5.75 Å². The SMILES string of the molecule is CCn1cc(Br)cc1C(=O)NC1CC(C)(C)Oc2ccc(N)cc21.Cl. The molecule has 0 fully saturated rings. The van der Waals surface area contributed by atoms with Gasteiger partial charge < -0.3 is 20.4 Å². The predicted octanol–water partition coefficient (Wildman–Crippen LogP) is 4.31. The maximum absolute atomic E-state index is 12.8. The molecule has 0 aliphatic carbocycles. The van der Waals surface area contributed by atoms with Crippen LogP contribution in [0, 0.1) is 0 Å². The van der Waals surface area contributed by atoms with Crippen molar-refractivity contribution in [2.24, 2.45) is 0 Å². The molecule has 3 rings (SSSR count). The van der Waals surface area contributed by atoms with Crippen molar-refractivity contribution in [2.75, 3.05) is 5.73 Å². The van der Waals surface area contributed by atoms with Gasteiger partial charge in [-0.2, -0.15) is 0 Å². The predicted molar refractivity (Wildman–Crippen MR) is 105 cm³/mol. The van der Waals surface area contributed by atoms with Crippen LogP contribution in [-0.2, 0) is 6.54 Å². The zero-order valence-electron chi connectivity index (χ0n) is 14.5. The lowest BCUT2D eigenvalue weighted by Crippen LogP contribution is -2.41. The zero-order chi connectivity index (χ0) is 17.5. The lowest BCUT2D eigenvalue weighted by atomic mass is 9.89. The van der Waals surface area contributed by atoms with Crippen LogP contribution in [0.1, 0.15) is 49.3 Å². The minimum atomic E-state index is -0.353. The number of aryl methyl sites for hydroxylation is 1. The number of nitrogens with one attached hydrogen (secondary N) is 1. The van der Waals surface area contributed by atoms with Gasteiger partial charge in [-0.1, -0.05) is 0 Å². The zero-order valence-corrected chi connectivity index (χ0v) is 16.9. The van der Waals surface area contributed by atoms with E-state index in [-0.39, 0.29) is 30.0 Å². The topological polar surface area (TPSA) is 69.3 Å². The highest BCUT2D eigenvalue weighted by Crippen LogP contribution is 2.40. The molecule has 1 aliphatic heterocycles. The third-order valence-electron chi connectivity index (χ3n) is 4.23. The Bertz CT molecular complexity index is 789. The summed E-state index contributed by atoms with van der Waals surface area (Å²) in [6, 6.07) is 7.27. The van der Waals surface area contributed by atoms with Crippen LogP contribution in [-0.4, -0.2) is 16.1 Å². The van der Waals surface area contributed by atoms with Crippen molar-refractivity contribution in [1.82, 2.24) is 9.88 Å². The Morgan fingerprint density at radius 2 is 2.16 bits per heavy atom. The Labute approximate surface area is 162 Å². The van der Waals surface area contributed by atoms with Gasteiger partial charge in [-0.15, -0.1) is 12.4 Å². The smallest absolute Gasteiger partial charge is 0.268 e. The highest BCUT2D eigenvalue weighted by molar-refractivity contribution is 9.10. The number of fused-ring (bicyclic) bond motifs is 1. The molecular formula is C18H23BrClN3O2. The molecule has 5 nitrogen and oxygen atoms in total. The quantitative estimate of drug-likeness (QED) is 0.716. The molecule has 1 aromatic carbocycles. The second-order valence-electron chi connectivity index (χ2n) is 6.72. The summed E-state index contributed by atoms with van der Waals surface area (Å²) in [6.45, 7) is 6.79. The van der Waals surface area contributed by atoms with Gasteiger partial charge in [0.1, 0.15) is 17.0 Å². The summed E-state index contributed by atoms with van der Waals surface area (Å²) in [5.41, 5.74) is 7.80. The van der Waals surface area contributed by atoms with Gasteiger partial charge in [0.2, 0.25) is 0 Å². The normalized spacial score (nSPS) is 17.8. The Kier molecular flexibility index (Phi) is 5.74. The Morgan fingerprint density at radius 1 is 1.44 bits per heavy atom. The average molecular weight is 429 g/mol. The standard InChI is InChI=1S/C18H22BrN3O2.ClH/c1-4-22-10-11(19)7-15(22)17(23)21-14-9-18(2,3)24-16-6-5-12(20)8-13(14)16;/h5-8,10,14H,4,9,20H2,1-3H3,(H,21,23);1H. The molecule has 1 amide bonds. The Morgan fingerprint density at radius 3 is 2.84 bits per heavy atom. The van der Waals surface area contributed by atoms with Crippen molar-refractivity contribution < 1.29 is 9.53 Å². The van der Waals surface area contributed by atoms with Crippen LogP contribution in [0.15, 0.2) is 34.9 Å². The second-order valence-corrected chi connectivity index (χ2v) is 7.63. The van der Waals surface area contributed by atoms with E-state index in [0.29, 0.717) is 17.8 Å². The second kappa shape index (κ2) is 7.30. The van der Waals surface area contributed by atoms with E-state index in [4.69, 9.17) is 10.5 Å². The van der Waals surface area contributed by atoms with Crippen LogP contribution >= 0.6 is 28.3 Å². The first kappa shape index (κ1) is 19.7. The number of halogens is 2. The summed E-state index contributed by atoms with van der Waals surface area (Å²) in [7, 11) is 0. The molecule has 7 heteroatoms. The van der Waals surface area contributed by atoms with Crippen molar-refractivity contribution in [3.05, 3.63) is 46.2 Å². The van der Waals surface area contributed by atoms with Crippen LogP contribution in [0.25, 0.3) is 0 Å². The first-order valence-corrected chi connectivity index (χ1v) is 8.83.